The van der Waals surface area contributed by atoms with E-state index in [-0.39, 0.29) is 36.7 Å². The summed E-state index contributed by atoms with van der Waals surface area (Å²) in [7, 11) is 0. The lowest BCUT2D eigenvalue weighted by Gasteiger charge is -2.40. The summed E-state index contributed by atoms with van der Waals surface area (Å²) in [4.78, 5) is 26.1. The molecule has 0 radical (unpaired) electrons. The summed E-state index contributed by atoms with van der Waals surface area (Å²) < 4.78 is 11.0. The van der Waals surface area contributed by atoms with Crippen molar-refractivity contribution < 1.29 is 19.1 Å². The van der Waals surface area contributed by atoms with Crippen molar-refractivity contribution in [1.82, 2.24) is 15.5 Å². The normalized spacial score (nSPS) is 24.6. The molecule has 7 nitrogen and oxygen atoms in total. The summed E-state index contributed by atoms with van der Waals surface area (Å²) in [6, 6.07) is -0.530. The molecule has 0 aromatic heterocycles. The molecule has 1 unspecified atom stereocenters. The monoisotopic (exact) mass is 299 g/mol. The van der Waals surface area contributed by atoms with Crippen LogP contribution in [0.1, 0.15) is 20.8 Å². The van der Waals surface area contributed by atoms with E-state index in [1.807, 2.05) is 20.8 Å². The standard InChI is InChI=1S/C14H25N3O4/c1-10(2)16-13(19)11-6-20-5-4-17(11)12(18)7-21-14(3)8-15-9-14/h10-11,15H,4-9H2,1-3H3,(H,16,19). The first-order valence-corrected chi connectivity index (χ1v) is 7.43. The van der Waals surface area contributed by atoms with Crippen molar-refractivity contribution in [2.75, 3.05) is 39.5 Å². The van der Waals surface area contributed by atoms with Crippen LogP contribution in [0, 0.1) is 0 Å². The molecule has 1 atom stereocenters. The Labute approximate surface area is 125 Å². The summed E-state index contributed by atoms with van der Waals surface area (Å²) in [6.07, 6.45) is 0. The molecule has 0 aromatic carbocycles. The summed E-state index contributed by atoms with van der Waals surface area (Å²) >= 11 is 0. The first kappa shape index (κ1) is 16.2. The van der Waals surface area contributed by atoms with Crippen molar-refractivity contribution in [2.24, 2.45) is 0 Å². The van der Waals surface area contributed by atoms with E-state index in [1.165, 1.54) is 0 Å². The van der Waals surface area contributed by atoms with Gasteiger partial charge < -0.3 is 25.0 Å². The molecule has 21 heavy (non-hydrogen) atoms. The van der Waals surface area contributed by atoms with E-state index in [1.54, 1.807) is 4.90 Å². The molecule has 0 aliphatic carbocycles. The van der Waals surface area contributed by atoms with Gasteiger partial charge in [-0.1, -0.05) is 0 Å². The zero-order valence-corrected chi connectivity index (χ0v) is 13.0. The molecule has 2 aliphatic rings. The number of carbonyl (C=O) groups excluding carboxylic acids is 2. The molecule has 0 aromatic rings. The molecule has 2 aliphatic heterocycles. The third-order valence-electron chi connectivity index (χ3n) is 3.72. The maximum atomic E-state index is 12.3. The Morgan fingerprint density at radius 1 is 1.48 bits per heavy atom. The number of nitrogens with zero attached hydrogens (tertiary/aromatic N) is 1. The average molecular weight is 299 g/mol. The van der Waals surface area contributed by atoms with Gasteiger partial charge in [-0.2, -0.15) is 0 Å². The van der Waals surface area contributed by atoms with E-state index in [0.717, 1.165) is 13.1 Å². The Hall–Kier alpha value is -1.18. The molecule has 2 N–H and O–H groups in total. The number of hydrogen-bond acceptors (Lipinski definition) is 5. The highest BCUT2D eigenvalue weighted by Gasteiger charge is 2.36. The lowest BCUT2D eigenvalue weighted by atomic mass is 10.0. The second-order valence-corrected chi connectivity index (χ2v) is 6.18. The van der Waals surface area contributed by atoms with Crippen LogP contribution in [0.4, 0.5) is 0 Å². The second kappa shape index (κ2) is 6.72. The zero-order valence-electron chi connectivity index (χ0n) is 13.0. The smallest absolute Gasteiger partial charge is 0.249 e. The van der Waals surface area contributed by atoms with E-state index in [9.17, 15) is 9.59 Å². The quantitative estimate of drug-likeness (QED) is 0.689. The Balaban J connectivity index is 1.90. The fraction of sp³-hybridized carbons (Fsp3) is 0.857. The number of ether oxygens (including phenoxy) is 2. The van der Waals surface area contributed by atoms with Crippen LogP contribution in [0.25, 0.3) is 0 Å². The topological polar surface area (TPSA) is 79.9 Å². The van der Waals surface area contributed by atoms with Gasteiger partial charge in [-0.05, 0) is 20.8 Å². The highest BCUT2D eigenvalue weighted by Crippen LogP contribution is 2.16. The van der Waals surface area contributed by atoms with Gasteiger partial charge in [0.25, 0.3) is 0 Å². The minimum atomic E-state index is -0.565. The van der Waals surface area contributed by atoms with E-state index in [2.05, 4.69) is 10.6 Å². The van der Waals surface area contributed by atoms with Gasteiger partial charge in [-0.25, -0.2) is 0 Å². The van der Waals surface area contributed by atoms with Crippen molar-refractivity contribution in [3.05, 3.63) is 0 Å². The van der Waals surface area contributed by atoms with Crippen LogP contribution < -0.4 is 10.6 Å². The number of carbonyl (C=O) groups is 2. The average Bonchev–Trinajstić information content (AvgIpc) is 2.42. The lowest BCUT2D eigenvalue weighted by molar-refractivity contribution is -0.158. The minimum Gasteiger partial charge on any atom is -0.377 e. The molecule has 0 saturated carbocycles. The minimum absolute atomic E-state index is 0.00361. The van der Waals surface area contributed by atoms with Gasteiger partial charge in [0, 0.05) is 25.7 Å². The van der Waals surface area contributed by atoms with Gasteiger partial charge in [-0.3, -0.25) is 9.59 Å². The number of rotatable bonds is 5. The van der Waals surface area contributed by atoms with Crippen LogP contribution in [-0.2, 0) is 19.1 Å². The number of morpholine rings is 1. The molecule has 0 spiro atoms. The van der Waals surface area contributed by atoms with Crippen LogP contribution in [0.15, 0.2) is 0 Å². The molecule has 120 valence electrons. The van der Waals surface area contributed by atoms with Gasteiger partial charge in [0.05, 0.1) is 18.8 Å². The first-order chi connectivity index (χ1) is 9.91. The van der Waals surface area contributed by atoms with E-state index in [0.29, 0.717) is 13.2 Å². The lowest BCUT2D eigenvalue weighted by Crippen LogP contribution is -2.61. The molecule has 7 heteroatoms. The highest BCUT2D eigenvalue weighted by molar-refractivity contribution is 5.88. The summed E-state index contributed by atoms with van der Waals surface area (Å²) in [5.41, 5.74) is -0.266. The fourth-order valence-corrected chi connectivity index (χ4v) is 2.40. The Kier molecular flexibility index (Phi) is 5.18. The SMILES string of the molecule is CC(C)NC(=O)C1COCCN1C(=O)COC1(C)CNC1. The highest BCUT2D eigenvalue weighted by atomic mass is 16.5. The largest absolute Gasteiger partial charge is 0.377 e. The molecular formula is C14H25N3O4. The molecule has 2 amide bonds. The Morgan fingerprint density at radius 2 is 2.19 bits per heavy atom. The van der Waals surface area contributed by atoms with Gasteiger partial charge in [0.1, 0.15) is 12.6 Å². The van der Waals surface area contributed by atoms with Crippen LogP contribution in [0.5, 0.6) is 0 Å². The van der Waals surface area contributed by atoms with E-state index in [4.69, 9.17) is 9.47 Å². The van der Waals surface area contributed by atoms with Crippen LogP contribution in [-0.4, -0.2) is 73.9 Å². The summed E-state index contributed by atoms with van der Waals surface area (Å²) in [5, 5.41) is 5.95. The third kappa shape index (κ3) is 4.15. The summed E-state index contributed by atoms with van der Waals surface area (Å²) in [6.45, 7) is 8.37. The Bertz CT molecular complexity index is 396. The van der Waals surface area contributed by atoms with E-state index >= 15 is 0 Å². The molecule has 2 fully saturated rings. The van der Waals surface area contributed by atoms with E-state index < -0.39 is 6.04 Å². The van der Waals surface area contributed by atoms with Crippen molar-refractivity contribution in [2.45, 2.75) is 38.5 Å². The summed E-state index contributed by atoms with van der Waals surface area (Å²) in [5.74, 6) is -0.329. The maximum absolute atomic E-state index is 12.3. The fourth-order valence-electron chi connectivity index (χ4n) is 2.40. The van der Waals surface area contributed by atoms with Crippen molar-refractivity contribution in [1.29, 1.82) is 0 Å². The van der Waals surface area contributed by atoms with Crippen LogP contribution in [0.3, 0.4) is 0 Å². The van der Waals surface area contributed by atoms with Crippen LogP contribution in [0.2, 0.25) is 0 Å². The van der Waals surface area contributed by atoms with Crippen molar-refractivity contribution >= 4 is 11.8 Å². The molecular weight excluding hydrogens is 274 g/mol. The van der Waals surface area contributed by atoms with Crippen LogP contribution >= 0.6 is 0 Å². The zero-order chi connectivity index (χ0) is 15.5. The Morgan fingerprint density at radius 3 is 2.76 bits per heavy atom. The maximum Gasteiger partial charge on any atom is 0.249 e. The second-order valence-electron chi connectivity index (χ2n) is 6.18. The molecule has 0 bridgehead atoms. The predicted octanol–water partition coefficient (Wildman–Crippen LogP) is -0.883. The van der Waals surface area contributed by atoms with Crippen molar-refractivity contribution in [3.63, 3.8) is 0 Å². The molecule has 2 heterocycles. The third-order valence-corrected chi connectivity index (χ3v) is 3.72. The van der Waals surface area contributed by atoms with Crippen molar-refractivity contribution in [3.8, 4) is 0 Å². The van der Waals surface area contributed by atoms with Gasteiger partial charge in [-0.15, -0.1) is 0 Å². The van der Waals surface area contributed by atoms with Gasteiger partial charge in [0.15, 0.2) is 0 Å². The number of hydrogen-bond donors (Lipinski definition) is 2. The molecule has 2 saturated heterocycles. The predicted molar refractivity (Wildman–Crippen MR) is 76.8 cm³/mol. The van der Waals surface area contributed by atoms with Gasteiger partial charge in [0.2, 0.25) is 11.8 Å². The first-order valence-electron chi connectivity index (χ1n) is 7.43. The number of amides is 2. The van der Waals surface area contributed by atoms with Gasteiger partial charge >= 0.3 is 0 Å². The number of nitrogens with one attached hydrogen (secondary N) is 2. The molecule has 2 rings (SSSR count).